The van der Waals surface area contributed by atoms with Gasteiger partial charge < -0.3 is 13.9 Å². The smallest absolute Gasteiger partial charge is 0.434 e. The second kappa shape index (κ2) is 11.3. The zero-order valence-electron chi connectivity index (χ0n) is 24.4. The summed E-state index contributed by atoms with van der Waals surface area (Å²) >= 11 is 0. The maximum atomic E-state index is 13.4. The molecule has 1 aliphatic rings. The molecule has 47 heavy (non-hydrogen) atoms. The Hall–Kier alpha value is -4.09. The highest BCUT2D eigenvalue weighted by molar-refractivity contribution is 6.58. The lowest BCUT2D eigenvalue weighted by Gasteiger charge is -2.31. The van der Waals surface area contributed by atoms with Crippen molar-refractivity contribution in [2.75, 3.05) is 0 Å². The second-order valence-electron chi connectivity index (χ2n) is 11.3. The fourth-order valence-electron chi connectivity index (χ4n) is 5.03. The first kappa shape index (κ1) is 32.8. The highest BCUT2D eigenvalue weighted by Crippen LogP contribution is 2.45. The molecule has 0 amide bonds. The predicted octanol–water partition coefficient (Wildman–Crippen LogP) is 0.573. The maximum absolute atomic E-state index is 13.4. The van der Waals surface area contributed by atoms with E-state index in [1.807, 2.05) is 0 Å². The molecule has 1 aliphatic carbocycles. The summed E-state index contributed by atoms with van der Waals surface area (Å²) in [6.45, 7) is 0. The number of hydrogen-bond acceptors (Lipinski definition) is 7. The van der Waals surface area contributed by atoms with Gasteiger partial charge in [0.05, 0.1) is 44.9 Å². The van der Waals surface area contributed by atoms with Crippen molar-refractivity contribution in [2.45, 2.75) is 40.8 Å². The molecule has 0 saturated heterocycles. The van der Waals surface area contributed by atoms with Crippen molar-refractivity contribution in [1.29, 1.82) is 0 Å². The molecule has 0 bridgehead atoms. The van der Waals surface area contributed by atoms with Gasteiger partial charge in [-0.1, -0.05) is 29.5 Å². The van der Waals surface area contributed by atoms with E-state index in [2.05, 4.69) is 24.9 Å². The highest BCUT2D eigenvalue weighted by atomic mass is 19.4. The van der Waals surface area contributed by atoms with E-state index in [0.29, 0.717) is 17.3 Å². The average Bonchev–Trinajstić information content (AvgIpc) is 3.70. The van der Waals surface area contributed by atoms with Crippen molar-refractivity contribution in [2.24, 2.45) is 0 Å². The van der Waals surface area contributed by atoms with Crippen LogP contribution >= 0.6 is 0 Å². The zero-order valence-corrected chi connectivity index (χ0v) is 24.4. The summed E-state index contributed by atoms with van der Waals surface area (Å²) < 4.78 is 47.7. The van der Waals surface area contributed by atoms with E-state index in [9.17, 15) is 18.0 Å². The number of pyridine rings is 1. The molecule has 1 aromatic carbocycles. The van der Waals surface area contributed by atoms with Crippen LogP contribution in [0.5, 0.6) is 5.88 Å². The summed E-state index contributed by atoms with van der Waals surface area (Å²) in [5, 5.41) is -5.98. The standard InChI is InChI=1S/C27H14B8F3N7O2/c28-24(29,15-6-3-13(4-7-15)21-42-16(25(36,37)38)10-44(21)26(30,31)32)45-17(46)8-5-14-9-39-20(43-22(14)45)18-19(12-1-2-12)40-11-41-23(18)47-27(33,34)35/h3-12H,1-2H2. The minimum absolute atomic E-state index is 0.0252. The van der Waals surface area contributed by atoms with Gasteiger partial charge in [-0.3, -0.25) is 4.79 Å². The summed E-state index contributed by atoms with van der Waals surface area (Å²) in [7, 11) is 47.4. The number of aromatic nitrogens is 7. The van der Waals surface area contributed by atoms with Crippen LogP contribution in [0.15, 0.2) is 59.9 Å². The van der Waals surface area contributed by atoms with Crippen LogP contribution in [0, 0.1) is 0 Å². The molecular formula is C27H14B8F3N7O2. The van der Waals surface area contributed by atoms with Crippen LogP contribution in [0.25, 0.3) is 33.8 Å². The van der Waals surface area contributed by atoms with Crippen LogP contribution < -0.4 is 10.3 Å². The molecule has 20 heteroatoms. The molecule has 5 aromatic rings. The summed E-state index contributed by atoms with van der Waals surface area (Å²) in [4.78, 5) is 34.6. The van der Waals surface area contributed by atoms with Crippen LogP contribution in [0.1, 0.15) is 35.7 Å². The van der Waals surface area contributed by atoms with Crippen molar-refractivity contribution in [1.82, 2.24) is 34.1 Å². The third-order valence-corrected chi connectivity index (χ3v) is 7.33. The fourth-order valence-corrected chi connectivity index (χ4v) is 5.03. The van der Waals surface area contributed by atoms with Crippen LogP contribution in [0.2, 0.25) is 0 Å². The second-order valence-corrected chi connectivity index (χ2v) is 11.3. The Balaban J connectivity index is 1.46. The summed E-state index contributed by atoms with van der Waals surface area (Å²) in [6.07, 6.45) is 0.194. The Morgan fingerprint density at radius 1 is 0.851 bits per heavy atom. The van der Waals surface area contributed by atoms with E-state index in [1.54, 1.807) is 0 Å². The van der Waals surface area contributed by atoms with Gasteiger partial charge in [-0.05, 0) is 35.1 Å². The van der Waals surface area contributed by atoms with Gasteiger partial charge in [0.2, 0.25) is 5.88 Å². The molecule has 0 aliphatic heterocycles. The van der Waals surface area contributed by atoms with Gasteiger partial charge in [-0.2, -0.15) is 13.2 Å². The number of imidazole rings is 1. The molecule has 4 aromatic heterocycles. The lowest BCUT2D eigenvalue weighted by molar-refractivity contribution is -0.140. The molecule has 9 nitrogen and oxygen atoms in total. The SMILES string of the molecule is [B]C([B])([B])Oc1ncnc(C2CC2)c1-c1ncc2ccc(=O)n(C([B])([B])c3ccc(-c4nc(C(F)(F)F)cn4C([B])([B])[B])cc3)c2n1. The van der Waals surface area contributed by atoms with Crippen molar-refractivity contribution in [3.05, 3.63) is 82.4 Å². The Morgan fingerprint density at radius 2 is 1.53 bits per heavy atom. The Morgan fingerprint density at radius 3 is 2.13 bits per heavy atom. The highest BCUT2D eigenvalue weighted by Gasteiger charge is 2.37. The molecule has 0 atom stereocenters. The lowest BCUT2D eigenvalue weighted by atomic mass is 9.49. The van der Waals surface area contributed by atoms with Gasteiger partial charge in [0.25, 0.3) is 5.56 Å². The Kier molecular flexibility index (Phi) is 7.87. The molecular weight excluding hydrogens is 598 g/mol. The topological polar surface area (TPSA) is 101 Å². The van der Waals surface area contributed by atoms with E-state index in [0.717, 1.165) is 22.0 Å². The van der Waals surface area contributed by atoms with Gasteiger partial charge in [0.1, 0.15) is 46.9 Å². The van der Waals surface area contributed by atoms with Gasteiger partial charge in [-0.25, -0.2) is 24.9 Å². The molecule has 214 valence electrons. The van der Waals surface area contributed by atoms with E-state index >= 15 is 0 Å². The van der Waals surface area contributed by atoms with Crippen LogP contribution in [0.3, 0.4) is 0 Å². The minimum Gasteiger partial charge on any atom is -0.500 e. The number of hydrogen-bond donors (Lipinski definition) is 0. The molecule has 4 heterocycles. The first-order valence-electron chi connectivity index (χ1n) is 13.9. The van der Waals surface area contributed by atoms with Crippen LogP contribution in [0.4, 0.5) is 13.2 Å². The molecule has 1 fully saturated rings. The van der Waals surface area contributed by atoms with Gasteiger partial charge in [-0.15, -0.1) is 0 Å². The van der Waals surface area contributed by atoms with Gasteiger partial charge >= 0.3 is 6.18 Å². The number of nitrogens with zero attached hydrogens (tertiary/aromatic N) is 7. The Labute approximate surface area is 277 Å². The molecule has 1 saturated carbocycles. The Bertz CT molecular complexity index is 2060. The minimum atomic E-state index is -4.80. The summed E-state index contributed by atoms with van der Waals surface area (Å²) in [5.41, 5.74) is -0.737. The predicted molar refractivity (Wildman–Crippen MR) is 174 cm³/mol. The monoisotopic (exact) mass is 613 g/mol. The third kappa shape index (κ3) is 6.43. The number of halogens is 3. The zero-order chi connectivity index (χ0) is 34.1. The molecule has 0 unspecified atom stereocenters. The molecule has 0 N–H and O–H groups in total. The first-order chi connectivity index (χ1) is 21.8. The van der Waals surface area contributed by atoms with Crippen molar-refractivity contribution in [3.63, 3.8) is 0 Å². The van der Waals surface area contributed by atoms with Crippen LogP contribution in [-0.4, -0.2) is 102 Å². The number of ether oxygens (including phenoxy) is 1. The quantitative estimate of drug-likeness (QED) is 0.237. The number of alkyl halides is 3. The van der Waals surface area contributed by atoms with Crippen molar-refractivity contribution in [3.8, 4) is 28.7 Å². The average molecular weight is 612 g/mol. The first-order valence-corrected chi connectivity index (χ1v) is 13.9. The third-order valence-electron chi connectivity index (χ3n) is 7.33. The van der Waals surface area contributed by atoms with Crippen molar-refractivity contribution >= 4 is 73.8 Å². The van der Waals surface area contributed by atoms with E-state index in [4.69, 9.17) is 67.5 Å². The number of rotatable bonds is 8. The number of fused-ring (bicyclic) bond motifs is 1. The molecule has 0 spiro atoms. The van der Waals surface area contributed by atoms with Gasteiger partial charge in [0.15, 0.2) is 11.5 Å². The maximum Gasteiger partial charge on any atom is 0.434 e. The normalized spacial score (nSPS) is 14.4. The molecule has 6 rings (SSSR count). The van der Waals surface area contributed by atoms with E-state index < -0.39 is 33.3 Å². The van der Waals surface area contributed by atoms with Crippen LogP contribution in [-0.2, 0) is 16.8 Å². The van der Waals surface area contributed by atoms with E-state index in [-0.39, 0.29) is 45.8 Å². The summed E-state index contributed by atoms with van der Waals surface area (Å²) in [6, 6.07) is 8.25. The summed E-state index contributed by atoms with van der Waals surface area (Å²) in [5.74, 6) is -0.250. The van der Waals surface area contributed by atoms with Crippen molar-refractivity contribution < 1.29 is 17.9 Å². The fraction of sp³-hybridized carbons (Fsp3) is 0.259. The van der Waals surface area contributed by atoms with Gasteiger partial charge in [0, 0.05) is 35.3 Å². The van der Waals surface area contributed by atoms with E-state index in [1.165, 1.54) is 48.9 Å². The number of benzene rings is 1. The largest absolute Gasteiger partial charge is 0.500 e. The lowest BCUT2D eigenvalue weighted by Crippen LogP contribution is -2.43. The molecule has 16 radical (unpaired) electrons.